The van der Waals surface area contributed by atoms with Gasteiger partial charge in [-0.1, -0.05) is 6.92 Å². The minimum absolute atomic E-state index is 0.194. The number of likely N-dealkylation sites (N-methyl/N-ethyl adjacent to an activating group) is 1. The number of amides is 1. The molecule has 1 aliphatic rings. The maximum Gasteiger partial charge on any atom is 0.235 e. The topological polar surface area (TPSA) is 58.4 Å². The minimum Gasteiger partial charge on any atom is -0.368 e. The molecular weight excluding hydrogens is 178 g/mol. The Kier molecular flexibility index (Phi) is 4.35. The lowest BCUT2D eigenvalue weighted by Gasteiger charge is -2.22. The number of carbonyl (C=O) groups is 1. The van der Waals surface area contributed by atoms with Gasteiger partial charge < -0.3 is 16.0 Å². The number of hydrogen-bond donors (Lipinski definition) is 2. The van der Waals surface area contributed by atoms with E-state index >= 15 is 0 Å². The molecule has 1 saturated carbocycles. The Morgan fingerprint density at radius 1 is 1.64 bits per heavy atom. The van der Waals surface area contributed by atoms with Crippen LogP contribution < -0.4 is 11.1 Å². The Morgan fingerprint density at radius 2 is 2.29 bits per heavy atom. The summed E-state index contributed by atoms with van der Waals surface area (Å²) in [6.07, 6.45) is 3.54. The molecule has 0 aromatic carbocycles. The second kappa shape index (κ2) is 5.32. The summed E-state index contributed by atoms with van der Waals surface area (Å²) in [6, 6.07) is 0.487. The molecule has 0 radical (unpaired) electrons. The lowest BCUT2D eigenvalue weighted by molar-refractivity contribution is -0.120. The summed E-state index contributed by atoms with van der Waals surface area (Å²) < 4.78 is 0. The minimum atomic E-state index is -0.244. The van der Waals surface area contributed by atoms with E-state index in [1.54, 1.807) is 0 Å². The molecule has 82 valence electrons. The fourth-order valence-electron chi connectivity index (χ4n) is 1.53. The van der Waals surface area contributed by atoms with Crippen LogP contribution in [0, 0.1) is 0 Å². The number of primary amides is 1. The van der Waals surface area contributed by atoms with Gasteiger partial charge in [-0.05, 0) is 32.9 Å². The number of hydrogen-bond acceptors (Lipinski definition) is 3. The van der Waals surface area contributed by atoms with E-state index in [1.807, 2.05) is 0 Å². The maximum absolute atomic E-state index is 11.1. The lowest BCUT2D eigenvalue weighted by Crippen LogP contribution is -2.48. The van der Waals surface area contributed by atoms with Crippen molar-refractivity contribution in [2.45, 2.75) is 38.3 Å². The van der Waals surface area contributed by atoms with Crippen molar-refractivity contribution in [1.82, 2.24) is 10.2 Å². The first kappa shape index (κ1) is 11.5. The average Bonchev–Trinajstić information content (AvgIpc) is 2.94. The van der Waals surface area contributed by atoms with Gasteiger partial charge in [-0.15, -0.1) is 0 Å². The van der Waals surface area contributed by atoms with Crippen LogP contribution in [-0.4, -0.2) is 43.0 Å². The van der Waals surface area contributed by atoms with Gasteiger partial charge in [0.05, 0.1) is 6.04 Å². The van der Waals surface area contributed by atoms with E-state index in [0.717, 1.165) is 19.5 Å². The summed E-state index contributed by atoms with van der Waals surface area (Å²) in [7, 11) is 2.06. The number of nitrogens with one attached hydrogen (secondary N) is 1. The first-order valence-corrected chi connectivity index (χ1v) is 5.38. The first-order chi connectivity index (χ1) is 6.65. The van der Waals surface area contributed by atoms with Gasteiger partial charge in [0.15, 0.2) is 0 Å². The Hall–Kier alpha value is -0.610. The standard InChI is InChI=1S/C10H21N3O/c1-3-6-12-9(10(11)14)7-13(2)8-4-5-8/h8-9,12H,3-7H2,1-2H3,(H2,11,14). The predicted octanol–water partition coefficient (Wildman–Crippen LogP) is -0.0659. The predicted molar refractivity (Wildman–Crippen MR) is 56.9 cm³/mol. The van der Waals surface area contributed by atoms with Gasteiger partial charge in [0.25, 0.3) is 0 Å². The fourth-order valence-corrected chi connectivity index (χ4v) is 1.53. The summed E-state index contributed by atoms with van der Waals surface area (Å²) in [4.78, 5) is 13.3. The zero-order valence-corrected chi connectivity index (χ0v) is 9.12. The third kappa shape index (κ3) is 3.64. The number of nitrogens with two attached hydrogens (primary N) is 1. The smallest absolute Gasteiger partial charge is 0.235 e. The van der Waals surface area contributed by atoms with Crippen molar-refractivity contribution in [1.29, 1.82) is 0 Å². The Balaban J connectivity index is 2.29. The van der Waals surface area contributed by atoms with Gasteiger partial charge in [-0.2, -0.15) is 0 Å². The van der Waals surface area contributed by atoms with Crippen LogP contribution in [-0.2, 0) is 4.79 Å². The van der Waals surface area contributed by atoms with Crippen molar-refractivity contribution in [2.24, 2.45) is 5.73 Å². The number of rotatable bonds is 7. The molecule has 4 nitrogen and oxygen atoms in total. The molecule has 0 bridgehead atoms. The molecule has 1 rings (SSSR count). The van der Waals surface area contributed by atoms with Crippen LogP contribution in [0.25, 0.3) is 0 Å². The van der Waals surface area contributed by atoms with E-state index in [9.17, 15) is 4.79 Å². The van der Waals surface area contributed by atoms with Crippen LogP contribution >= 0.6 is 0 Å². The van der Waals surface area contributed by atoms with Crippen LogP contribution in [0.15, 0.2) is 0 Å². The summed E-state index contributed by atoms with van der Waals surface area (Å²) in [5, 5.41) is 3.17. The van der Waals surface area contributed by atoms with Crippen LogP contribution in [0.2, 0.25) is 0 Å². The molecule has 0 spiro atoms. The Morgan fingerprint density at radius 3 is 2.71 bits per heavy atom. The molecule has 0 aromatic rings. The Labute approximate surface area is 85.8 Å². The van der Waals surface area contributed by atoms with E-state index in [0.29, 0.717) is 6.04 Å². The monoisotopic (exact) mass is 199 g/mol. The number of carbonyl (C=O) groups excluding carboxylic acids is 1. The molecule has 3 N–H and O–H groups in total. The van der Waals surface area contributed by atoms with E-state index < -0.39 is 0 Å². The van der Waals surface area contributed by atoms with Crippen LogP contribution in [0.5, 0.6) is 0 Å². The highest BCUT2D eigenvalue weighted by atomic mass is 16.1. The normalized spacial score (nSPS) is 18.5. The highest BCUT2D eigenvalue weighted by Gasteiger charge is 2.28. The Bertz CT molecular complexity index is 192. The molecular formula is C10H21N3O. The third-order valence-corrected chi connectivity index (χ3v) is 2.62. The molecule has 0 saturated heterocycles. The van der Waals surface area contributed by atoms with E-state index in [4.69, 9.17) is 5.73 Å². The van der Waals surface area contributed by atoms with E-state index in [2.05, 4.69) is 24.2 Å². The molecule has 1 atom stereocenters. The lowest BCUT2D eigenvalue weighted by atomic mass is 10.2. The molecule has 1 aliphatic carbocycles. The second-order valence-corrected chi connectivity index (χ2v) is 4.08. The summed E-state index contributed by atoms with van der Waals surface area (Å²) in [5.74, 6) is -0.244. The molecule has 14 heavy (non-hydrogen) atoms. The van der Waals surface area contributed by atoms with Crippen LogP contribution in [0.3, 0.4) is 0 Å². The molecule has 0 heterocycles. The van der Waals surface area contributed by atoms with Crippen molar-refractivity contribution in [2.75, 3.05) is 20.1 Å². The SMILES string of the molecule is CCCNC(CN(C)C1CC1)C(N)=O. The van der Waals surface area contributed by atoms with Gasteiger partial charge >= 0.3 is 0 Å². The largest absolute Gasteiger partial charge is 0.368 e. The average molecular weight is 199 g/mol. The van der Waals surface area contributed by atoms with Gasteiger partial charge in [-0.25, -0.2) is 0 Å². The van der Waals surface area contributed by atoms with Crippen molar-refractivity contribution >= 4 is 5.91 Å². The van der Waals surface area contributed by atoms with Crippen LogP contribution in [0.1, 0.15) is 26.2 Å². The second-order valence-electron chi connectivity index (χ2n) is 4.08. The highest BCUT2D eigenvalue weighted by Crippen LogP contribution is 2.25. The van der Waals surface area contributed by atoms with Gasteiger partial charge in [0.1, 0.15) is 0 Å². The van der Waals surface area contributed by atoms with E-state index in [-0.39, 0.29) is 11.9 Å². The van der Waals surface area contributed by atoms with Crippen molar-refractivity contribution in [3.8, 4) is 0 Å². The summed E-state index contributed by atoms with van der Waals surface area (Å²) in [6.45, 7) is 3.67. The van der Waals surface area contributed by atoms with Crippen molar-refractivity contribution < 1.29 is 4.79 Å². The zero-order chi connectivity index (χ0) is 10.6. The first-order valence-electron chi connectivity index (χ1n) is 5.38. The maximum atomic E-state index is 11.1. The molecule has 1 amide bonds. The number of nitrogens with zero attached hydrogens (tertiary/aromatic N) is 1. The molecule has 1 unspecified atom stereocenters. The third-order valence-electron chi connectivity index (χ3n) is 2.62. The van der Waals surface area contributed by atoms with Gasteiger partial charge in [-0.3, -0.25) is 4.79 Å². The van der Waals surface area contributed by atoms with Crippen molar-refractivity contribution in [3.63, 3.8) is 0 Å². The van der Waals surface area contributed by atoms with Gasteiger partial charge in [0, 0.05) is 12.6 Å². The molecule has 4 heteroatoms. The molecule has 0 aliphatic heterocycles. The summed E-state index contributed by atoms with van der Waals surface area (Å²) >= 11 is 0. The fraction of sp³-hybridized carbons (Fsp3) is 0.900. The molecule has 0 aromatic heterocycles. The summed E-state index contributed by atoms with van der Waals surface area (Å²) in [5.41, 5.74) is 5.32. The van der Waals surface area contributed by atoms with Crippen LogP contribution in [0.4, 0.5) is 0 Å². The zero-order valence-electron chi connectivity index (χ0n) is 9.12. The van der Waals surface area contributed by atoms with Gasteiger partial charge in [0.2, 0.25) is 5.91 Å². The molecule has 1 fully saturated rings. The van der Waals surface area contributed by atoms with E-state index in [1.165, 1.54) is 12.8 Å². The highest BCUT2D eigenvalue weighted by molar-refractivity contribution is 5.80. The van der Waals surface area contributed by atoms with Crippen molar-refractivity contribution in [3.05, 3.63) is 0 Å². The quantitative estimate of drug-likeness (QED) is 0.603.